The van der Waals surface area contributed by atoms with E-state index in [2.05, 4.69) is 20.7 Å². The van der Waals surface area contributed by atoms with Gasteiger partial charge < -0.3 is 5.11 Å². The monoisotopic (exact) mass is 341 g/mol. The predicted octanol–water partition coefficient (Wildman–Crippen LogP) is 2.26. The number of sulfonamides is 1. The van der Waals surface area contributed by atoms with Crippen LogP contribution in [0.2, 0.25) is 0 Å². The molecular formula is C10H16BrNO3S2. The quantitative estimate of drug-likeness (QED) is 0.882. The smallest absolute Gasteiger partial charge is 0.250 e. The molecule has 0 fully saturated rings. The van der Waals surface area contributed by atoms with Crippen molar-refractivity contribution in [1.29, 1.82) is 0 Å². The van der Waals surface area contributed by atoms with E-state index in [-0.39, 0.29) is 4.21 Å². The molecule has 0 amide bonds. The Hall–Kier alpha value is 0.0500. The third kappa shape index (κ3) is 3.51. The third-order valence-electron chi connectivity index (χ3n) is 2.54. The summed E-state index contributed by atoms with van der Waals surface area (Å²) in [5.74, 6) is 0. The number of aliphatic hydroxyl groups is 1. The fraction of sp³-hybridized carbons (Fsp3) is 0.600. The Kier molecular flexibility index (Phi) is 4.42. The third-order valence-corrected chi connectivity index (χ3v) is 6.82. The van der Waals surface area contributed by atoms with Crippen LogP contribution in [0.5, 0.6) is 0 Å². The summed E-state index contributed by atoms with van der Waals surface area (Å²) in [5, 5.41) is 9.52. The Morgan fingerprint density at radius 3 is 2.41 bits per heavy atom. The van der Waals surface area contributed by atoms with Gasteiger partial charge in [-0.3, -0.25) is 0 Å². The first kappa shape index (κ1) is 15.1. The van der Waals surface area contributed by atoms with Gasteiger partial charge in [-0.1, -0.05) is 0 Å². The van der Waals surface area contributed by atoms with Crippen LogP contribution in [-0.2, 0) is 10.0 Å². The van der Waals surface area contributed by atoms with Gasteiger partial charge in [-0.15, -0.1) is 11.3 Å². The van der Waals surface area contributed by atoms with Crippen LogP contribution in [-0.4, -0.2) is 25.2 Å². The van der Waals surface area contributed by atoms with Crippen LogP contribution in [0.1, 0.15) is 26.3 Å². The Bertz CT molecular complexity index is 486. The van der Waals surface area contributed by atoms with E-state index in [0.717, 1.165) is 20.7 Å². The van der Waals surface area contributed by atoms with E-state index in [1.54, 1.807) is 26.8 Å². The minimum atomic E-state index is -3.59. The van der Waals surface area contributed by atoms with Gasteiger partial charge in [0.25, 0.3) is 10.0 Å². The molecule has 1 aromatic rings. The van der Waals surface area contributed by atoms with Gasteiger partial charge in [-0.2, -0.15) is 0 Å². The number of thiophene rings is 1. The topological polar surface area (TPSA) is 66.4 Å². The van der Waals surface area contributed by atoms with E-state index >= 15 is 0 Å². The first-order valence-corrected chi connectivity index (χ1v) is 8.13. The summed E-state index contributed by atoms with van der Waals surface area (Å²) in [6.45, 7) is 6.67. The summed E-state index contributed by atoms with van der Waals surface area (Å²) < 4.78 is 27.7. The van der Waals surface area contributed by atoms with Gasteiger partial charge in [0.1, 0.15) is 4.21 Å². The van der Waals surface area contributed by atoms with Gasteiger partial charge >= 0.3 is 0 Å². The van der Waals surface area contributed by atoms with E-state index in [9.17, 15) is 13.5 Å². The van der Waals surface area contributed by atoms with Crippen LogP contribution >= 0.6 is 27.3 Å². The lowest BCUT2D eigenvalue weighted by Crippen LogP contribution is -2.50. The zero-order valence-corrected chi connectivity index (χ0v) is 13.3. The summed E-state index contributed by atoms with van der Waals surface area (Å²) in [5.41, 5.74) is -0.0198. The van der Waals surface area contributed by atoms with Gasteiger partial charge in [0.2, 0.25) is 0 Å². The number of nitrogens with one attached hydrogen (secondary N) is 1. The normalized spacial score (nSPS) is 14.9. The molecule has 1 rings (SSSR count). The number of hydrogen-bond donors (Lipinski definition) is 2. The van der Waals surface area contributed by atoms with Crippen molar-refractivity contribution in [3.8, 4) is 0 Å². The fourth-order valence-corrected chi connectivity index (χ4v) is 4.75. The number of aliphatic hydroxyl groups excluding tert-OH is 1. The number of halogens is 1. The molecule has 0 aliphatic heterocycles. The zero-order valence-electron chi connectivity index (χ0n) is 10.1. The highest BCUT2D eigenvalue weighted by Crippen LogP contribution is 2.31. The van der Waals surface area contributed by atoms with Gasteiger partial charge in [-0.05, 0) is 55.3 Å². The van der Waals surface area contributed by atoms with Crippen molar-refractivity contribution in [2.45, 2.75) is 43.5 Å². The minimum absolute atomic E-state index is 0.246. The molecule has 0 aromatic carbocycles. The lowest BCUT2D eigenvalue weighted by atomic mass is 10.0. The first-order chi connectivity index (χ1) is 7.56. The van der Waals surface area contributed by atoms with E-state index < -0.39 is 21.7 Å². The van der Waals surface area contributed by atoms with E-state index in [1.807, 2.05) is 6.92 Å². The van der Waals surface area contributed by atoms with Gasteiger partial charge in [0.05, 0.1) is 15.4 Å². The second-order valence-electron chi connectivity index (χ2n) is 4.53. The van der Waals surface area contributed by atoms with Crippen molar-refractivity contribution in [2.75, 3.05) is 0 Å². The van der Waals surface area contributed by atoms with Crippen LogP contribution in [0.3, 0.4) is 0 Å². The molecular weight excluding hydrogens is 326 g/mol. The highest BCUT2D eigenvalue weighted by molar-refractivity contribution is 9.11. The SMILES string of the molecule is Cc1cc(S(=O)(=O)NC(C)(C)C(C)O)sc1Br. The highest BCUT2D eigenvalue weighted by atomic mass is 79.9. The molecule has 1 atom stereocenters. The molecule has 1 aromatic heterocycles. The highest BCUT2D eigenvalue weighted by Gasteiger charge is 2.31. The summed E-state index contributed by atoms with van der Waals surface area (Å²) in [7, 11) is -3.59. The Morgan fingerprint density at radius 1 is 1.53 bits per heavy atom. The van der Waals surface area contributed by atoms with Crippen molar-refractivity contribution in [3.05, 3.63) is 15.4 Å². The summed E-state index contributed by atoms with van der Waals surface area (Å²) >= 11 is 4.45. The number of hydrogen-bond acceptors (Lipinski definition) is 4. The lowest BCUT2D eigenvalue weighted by Gasteiger charge is -2.28. The zero-order chi connectivity index (χ0) is 13.4. The predicted molar refractivity (Wildman–Crippen MR) is 72.8 cm³/mol. The van der Waals surface area contributed by atoms with Crippen LogP contribution in [0, 0.1) is 6.92 Å². The van der Waals surface area contributed by atoms with E-state index in [0.29, 0.717) is 0 Å². The van der Waals surface area contributed by atoms with Crippen molar-refractivity contribution in [1.82, 2.24) is 4.72 Å². The van der Waals surface area contributed by atoms with Crippen LogP contribution in [0.25, 0.3) is 0 Å². The van der Waals surface area contributed by atoms with E-state index in [4.69, 9.17) is 0 Å². The maximum atomic E-state index is 12.1. The molecule has 0 aliphatic rings. The van der Waals surface area contributed by atoms with Crippen molar-refractivity contribution in [2.24, 2.45) is 0 Å². The Labute approximate surface area is 114 Å². The van der Waals surface area contributed by atoms with Crippen LogP contribution in [0.4, 0.5) is 0 Å². The second-order valence-corrected chi connectivity index (χ2v) is 8.80. The second kappa shape index (κ2) is 4.97. The molecule has 1 unspecified atom stereocenters. The number of aryl methyl sites for hydroxylation is 1. The first-order valence-electron chi connectivity index (χ1n) is 5.04. The molecule has 0 spiro atoms. The number of rotatable bonds is 4. The largest absolute Gasteiger partial charge is 0.391 e. The van der Waals surface area contributed by atoms with Gasteiger partial charge in [0, 0.05) is 0 Å². The van der Waals surface area contributed by atoms with Crippen LogP contribution < -0.4 is 4.72 Å². The van der Waals surface area contributed by atoms with Gasteiger partial charge in [0.15, 0.2) is 0 Å². The van der Waals surface area contributed by atoms with Crippen molar-refractivity contribution >= 4 is 37.3 Å². The molecule has 1 heterocycles. The molecule has 0 aliphatic carbocycles. The summed E-state index contributed by atoms with van der Waals surface area (Å²) in [6, 6.07) is 1.61. The molecule has 7 heteroatoms. The molecule has 2 N–H and O–H groups in total. The van der Waals surface area contributed by atoms with Crippen molar-refractivity contribution in [3.63, 3.8) is 0 Å². The molecule has 0 bridgehead atoms. The van der Waals surface area contributed by atoms with Crippen molar-refractivity contribution < 1.29 is 13.5 Å². The average Bonchev–Trinajstić information content (AvgIpc) is 2.45. The molecule has 0 saturated carbocycles. The Balaban J connectivity index is 3.05. The summed E-state index contributed by atoms with van der Waals surface area (Å²) in [6.07, 6.45) is -0.776. The average molecular weight is 342 g/mol. The maximum Gasteiger partial charge on any atom is 0.250 e. The maximum absolute atomic E-state index is 12.1. The standard InChI is InChI=1S/C10H16BrNO3S2/c1-6-5-8(16-9(6)11)17(14,15)12-10(3,4)7(2)13/h5,7,12-13H,1-4H3. The molecule has 0 radical (unpaired) electrons. The molecule has 4 nitrogen and oxygen atoms in total. The van der Waals surface area contributed by atoms with E-state index in [1.165, 1.54) is 0 Å². The lowest BCUT2D eigenvalue weighted by molar-refractivity contribution is 0.112. The van der Waals surface area contributed by atoms with Crippen LogP contribution in [0.15, 0.2) is 14.1 Å². The fourth-order valence-electron chi connectivity index (χ4n) is 1.05. The minimum Gasteiger partial charge on any atom is -0.391 e. The van der Waals surface area contributed by atoms with Gasteiger partial charge in [-0.25, -0.2) is 13.1 Å². The molecule has 0 saturated heterocycles. The summed E-state index contributed by atoms with van der Waals surface area (Å²) in [4.78, 5) is 0. The Morgan fingerprint density at radius 2 is 2.06 bits per heavy atom. The molecule has 17 heavy (non-hydrogen) atoms. The molecule has 98 valence electrons.